The minimum absolute atomic E-state index is 0.147. The van der Waals surface area contributed by atoms with Crippen molar-refractivity contribution in [1.82, 2.24) is 10.3 Å². The number of anilines is 2. The molecule has 26 heavy (non-hydrogen) atoms. The predicted octanol–water partition coefficient (Wildman–Crippen LogP) is 3.50. The molecule has 0 spiro atoms. The van der Waals surface area contributed by atoms with Gasteiger partial charge in [0.05, 0.1) is 23.0 Å². The van der Waals surface area contributed by atoms with Crippen LogP contribution in [0.1, 0.15) is 13.3 Å². The topological polar surface area (TPSA) is 71.5 Å². The molecule has 0 fully saturated rings. The van der Waals surface area contributed by atoms with Gasteiger partial charge in [-0.1, -0.05) is 29.5 Å². The largest absolute Gasteiger partial charge is 0.497 e. The number of ether oxygens (including phenoxy) is 1. The van der Waals surface area contributed by atoms with Crippen LogP contribution in [0.15, 0.2) is 48.5 Å². The number of nitrogens with zero attached hydrogens (tertiary/aromatic N) is 2. The standard InChI is InChI=1S/C19H19N3O3S/c1-13(23)20-11-10-18(24)22(14-6-5-7-15(12-14)25-2)19-21-16-8-3-4-9-17(16)26-19/h3-9,12H,10-11H2,1-2H3,(H,20,23). The van der Waals surface area contributed by atoms with E-state index >= 15 is 0 Å². The van der Waals surface area contributed by atoms with Crippen molar-refractivity contribution in [2.75, 3.05) is 18.6 Å². The first kappa shape index (κ1) is 17.9. The predicted molar refractivity (Wildman–Crippen MR) is 103 cm³/mol. The Morgan fingerprint density at radius 1 is 1.19 bits per heavy atom. The lowest BCUT2D eigenvalue weighted by atomic mass is 10.2. The van der Waals surface area contributed by atoms with Gasteiger partial charge in [0.15, 0.2) is 5.13 Å². The van der Waals surface area contributed by atoms with E-state index in [4.69, 9.17) is 4.74 Å². The summed E-state index contributed by atoms with van der Waals surface area (Å²) >= 11 is 1.45. The molecular formula is C19H19N3O3S. The second-order valence-corrected chi connectivity index (χ2v) is 6.64. The van der Waals surface area contributed by atoms with Crippen molar-refractivity contribution in [3.05, 3.63) is 48.5 Å². The zero-order valence-corrected chi connectivity index (χ0v) is 15.4. The maximum Gasteiger partial charge on any atom is 0.235 e. The van der Waals surface area contributed by atoms with Crippen LogP contribution in [0.5, 0.6) is 5.75 Å². The quantitative estimate of drug-likeness (QED) is 0.722. The lowest BCUT2D eigenvalue weighted by Gasteiger charge is -2.20. The van der Waals surface area contributed by atoms with E-state index in [9.17, 15) is 9.59 Å². The first-order chi connectivity index (χ1) is 12.6. The van der Waals surface area contributed by atoms with Crippen LogP contribution >= 0.6 is 11.3 Å². The van der Waals surface area contributed by atoms with Crippen LogP contribution in [-0.4, -0.2) is 30.5 Å². The van der Waals surface area contributed by atoms with Crippen molar-refractivity contribution in [2.45, 2.75) is 13.3 Å². The molecule has 2 aromatic carbocycles. The monoisotopic (exact) mass is 369 g/mol. The zero-order valence-electron chi connectivity index (χ0n) is 14.6. The lowest BCUT2D eigenvalue weighted by Crippen LogP contribution is -2.30. The molecule has 0 bridgehead atoms. The molecule has 1 N–H and O–H groups in total. The van der Waals surface area contributed by atoms with Crippen LogP contribution in [0.2, 0.25) is 0 Å². The summed E-state index contributed by atoms with van der Waals surface area (Å²) in [6.07, 6.45) is 0.173. The van der Waals surface area contributed by atoms with Gasteiger partial charge >= 0.3 is 0 Å². The molecule has 0 aliphatic rings. The SMILES string of the molecule is COc1cccc(N(C(=O)CCNC(C)=O)c2nc3ccccc3s2)c1. The highest BCUT2D eigenvalue weighted by atomic mass is 32.1. The summed E-state index contributed by atoms with van der Waals surface area (Å²) in [7, 11) is 1.58. The number of aromatic nitrogens is 1. The van der Waals surface area contributed by atoms with E-state index in [1.165, 1.54) is 18.3 Å². The van der Waals surface area contributed by atoms with Crippen molar-refractivity contribution in [2.24, 2.45) is 0 Å². The van der Waals surface area contributed by atoms with Crippen LogP contribution in [0, 0.1) is 0 Å². The third-order valence-electron chi connectivity index (χ3n) is 3.75. The van der Waals surface area contributed by atoms with Crippen LogP contribution in [0.25, 0.3) is 10.2 Å². The highest BCUT2D eigenvalue weighted by Gasteiger charge is 2.22. The molecule has 3 aromatic rings. The molecule has 0 aliphatic heterocycles. The minimum atomic E-state index is -0.161. The van der Waals surface area contributed by atoms with Crippen LogP contribution < -0.4 is 15.0 Å². The Balaban J connectivity index is 1.97. The number of carbonyl (C=O) groups excluding carboxylic acids is 2. The first-order valence-corrected chi connectivity index (χ1v) is 8.97. The number of amides is 2. The fourth-order valence-corrected chi connectivity index (χ4v) is 3.53. The number of hydrogen-bond donors (Lipinski definition) is 1. The third kappa shape index (κ3) is 4.00. The van der Waals surface area contributed by atoms with Gasteiger partial charge < -0.3 is 10.1 Å². The average molecular weight is 369 g/mol. The second-order valence-electron chi connectivity index (χ2n) is 5.63. The Hall–Kier alpha value is -2.93. The van der Waals surface area contributed by atoms with Gasteiger partial charge in [0.25, 0.3) is 0 Å². The number of thiazole rings is 1. The van der Waals surface area contributed by atoms with E-state index in [2.05, 4.69) is 10.3 Å². The molecule has 1 heterocycles. The molecule has 7 heteroatoms. The molecule has 6 nitrogen and oxygen atoms in total. The molecule has 0 saturated carbocycles. The highest BCUT2D eigenvalue weighted by Crippen LogP contribution is 2.35. The van der Waals surface area contributed by atoms with Crippen LogP contribution in [0.3, 0.4) is 0 Å². The fourth-order valence-electron chi connectivity index (χ4n) is 2.52. The number of methoxy groups -OCH3 is 1. The first-order valence-electron chi connectivity index (χ1n) is 8.15. The molecule has 0 atom stereocenters. The molecule has 0 saturated heterocycles. The minimum Gasteiger partial charge on any atom is -0.497 e. The maximum atomic E-state index is 12.9. The van der Waals surface area contributed by atoms with Gasteiger partial charge in [-0.25, -0.2) is 4.98 Å². The molecule has 0 aliphatic carbocycles. The van der Waals surface area contributed by atoms with Gasteiger partial charge in [0.1, 0.15) is 5.75 Å². The van der Waals surface area contributed by atoms with E-state index in [1.807, 2.05) is 42.5 Å². The van der Waals surface area contributed by atoms with Crippen LogP contribution in [0.4, 0.5) is 10.8 Å². The van der Waals surface area contributed by atoms with E-state index in [-0.39, 0.29) is 24.8 Å². The van der Waals surface area contributed by atoms with Crippen molar-refractivity contribution in [3.8, 4) is 5.75 Å². The van der Waals surface area contributed by atoms with Crippen molar-refractivity contribution < 1.29 is 14.3 Å². The zero-order chi connectivity index (χ0) is 18.5. The number of hydrogen-bond acceptors (Lipinski definition) is 5. The van der Waals surface area contributed by atoms with E-state index in [0.717, 1.165) is 10.2 Å². The molecule has 2 amide bonds. The number of para-hydroxylation sites is 1. The van der Waals surface area contributed by atoms with E-state index in [0.29, 0.717) is 16.6 Å². The summed E-state index contributed by atoms with van der Waals surface area (Å²) < 4.78 is 6.28. The molecule has 134 valence electrons. The Morgan fingerprint density at radius 2 is 2.00 bits per heavy atom. The molecular weight excluding hydrogens is 350 g/mol. The normalized spacial score (nSPS) is 10.5. The summed E-state index contributed by atoms with van der Waals surface area (Å²) in [4.78, 5) is 30.2. The number of benzene rings is 2. The Kier molecular flexibility index (Phi) is 5.48. The second kappa shape index (κ2) is 7.97. The maximum absolute atomic E-state index is 12.9. The molecule has 0 radical (unpaired) electrons. The van der Waals surface area contributed by atoms with Gasteiger partial charge in [-0.3, -0.25) is 14.5 Å². The number of rotatable bonds is 6. The van der Waals surface area contributed by atoms with Gasteiger partial charge in [-0.05, 0) is 24.3 Å². The third-order valence-corrected chi connectivity index (χ3v) is 4.77. The average Bonchev–Trinajstić information content (AvgIpc) is 3.05. The van der Waals surface area contributed by atoms with Crippen LogP contribution in [-0.2, 0) is 9.59 Å². The summed E-state index contributed by atoms with van der Waals surface area (Å²) in [5, 5.41) is 3.25. The fraction of sp³-hybridized carbons (Fsp3) is 0.211. The Labute approximate surface area is 155 Å². The van der Waals surface area contributed by atoms with Crippen molar-refractivity contribution >= 4 is 44.2 Å². The smallest absolute Gasteiger partial charge is 0.235 e. The molecule has 3 rings (SSSR count). The van der Waals surface area contributed by atoms with Crippen molar-refractivity contribution in [3.63, 3.8) is 0 Å². The number of nitrogens with one attached hydrogen (secondary N) is 1. The summed E-state index contributed by atoms with van der Waals surface area (Å²) in [5.74, 6) is 0.347. The molecule has 0 unspecified atom stereocenters. The highest BCUT2D eigenvalue weighted by molar-refractivity contribution is 7.22. The van der Waals surface area contributed by atoms with Gasteiger partial charge in [0, 0.05) is 26.0 Å². The van der Waals surface area contributed by atoms with Crippen molar-refractivity contribution in [1.29, 1.82) is 0 Å². The summed E-state index contributed by atoms with van der Waals surface area (Å²) in [6.45, 7) is 1.71. The van der Waals surface area contributed by atoms with Gasteiger partial charge in [-0.15, -0.1) is 0 Å². The lowest BCUT2D eigenvalue weighted by molar-refractivity contribution is -0.119. The van der Waals surface area contributed by atoms with E-state index < -0.39 is 0 Å². The van der Waals surface area contributed by atoms with Gasteiger partial charge in [0.2, 0.25) is 11.8 Å². The van der Waals surface area contributed by atoms with E-state index in [1.54, 1.807) is 18.1 Å². The Morgan fingerprint density at radius 3 is 2.73 bits per heavy atom. The number of carbonyl (C=O) groups is 2. The summed E-state index contributed by atoms with van der Waals surface area (Å²) in [6, 6.07) is 15.0. The molecule has 1 aromatic heterocycles. The van der Waals surface area contributed by atoms with Gasteiger partial charge in [-0.2, -0.15) is 0 Å². The Bertz CT molecular complexity index is 905. The number of fused-ring (bicyclic) bond motifs is 1. The summed E-state index contributed by atoms with van der Waals surface area (Å²) in [5.41, 5.74) is 1.52.